The van der Waals surface area contributed by atoms with E-state index in [1.54, 1.807) is 24.3 Å². The molecule has 1 aliphatic heterocycles. The van der Waals surface area contributed by atoms with Crippen LogP contribution in [0, 0.1) is 0 Å². The number of nitrogens with one attached hydrogen (secondary N) is 1. The number of anilines is 1. The number of carboxylic acids is 1. The highest BCUT2D eigenvalue weighted by atomic mass is 19.4. The molecule has 20 heavy (non-hydrogen) atoms. The zero-order chi connectivity index (χ0) is 14.8. The van der Waals surface area contributed by atoms with E-state index in [1.807, 2.05) is 0 Å². The molecule has 7 heteroatoms. The topological polar surface area (TPSA) is 61.7 Å². The smallest absolute Gasteiger partial charge is 0.391 e. The molecule has 1 unspecified atom stereocenters. The van der Waals surface area contributed by atoms with Crippen LogP contribution in [0.3, 0.4) is 0 Å². The van der Waals surface area contributed by atoms with Gasteiger partial charge in [-0.3, -0.25) is 9.79 Å². The molecule has 2 N–H and O–H groups in total. The van der Waals surface area contributed by atoms with Gasteiger partial charge in [-0.05, 0) is 6.07 Å². The highest BCUT2D eigenvalue weighted by Crippen LogP contribution is 2.34. The van der Waals surface area contributed by atoms with Crippen LogP contribution < -0.4 is 5.32 Å². The van der Waals surface area contributed by atoms with E-state index >= 15 is 0 Å². The molecule has 0 fully saturated rings. The van der Waals surface area contributed by atoms with Crippen LogP contribution in [-0.2, 0) is 4.79 Å². The van der Waals surface area contributed by atoms with Crippen molar-refractivity contribution in [2.45, 2.75) is 24.6 Å². The third-order valence-corrected chi connectivity index (χ3v) is 3.01. The van der Waals surface area contributed by atoms with Crippen LogP contribution in [0.4, 0.5) is 18.9 Å². The van der Waals surface area contributed by atoms with E-state index in [0.29, 0.717) is 11.3 Å². The fourth-order valence-corrected chi connectivity index (χ4v) is 2.30. The van der Waals surface area contributed by atoms with Gasteiger partial charge >= 0.3 is 12.1 Å². The van der Waals surface area contributed by atoms with Gasteiger partial charge < -0.3 is 10.4 Å². The number of halogens is 3. The Labute approximate surface area is 113 Å². The highest BCUT2D eigenvalue weighted by Gasteiger charge is 2.44. The van der Waals surface area contributed by atoms with E-state index in [-0.39, 0.29) is 6.54 Å². The number of carbonyl (C=O) groups is 1. The quantitative estimate of drug-likeness (QED) is 0.898. The van der Waals surface area contributed by atoms with Crippen molar-refractivity contribution in [1.82, 2.24) is 0 Å². The molecule has 108 valence electrons. The lowest BCUT2D eigenvalue weighted by Gasteiger charge is -2.33. The summed E-state index contributed by atoms with van der Waals surface area (Å²) in [6.45, 7) is -0.243. The van der Waals surface area contributed by atoms with Gasteiger partial charge in [0.25, 0.3) is 0 Å². The second-order valence-electron chi connectivity index (χ2n) is 4.82. The molecule has 0 radical (unpaired) electrons. The first-order valence-corrected chi connectivity index (χ1v) is 5.95. The molecule has 0 saturated heterocycles. The largest absolute Gasteiger partial charge is 0.481 e. The Hall–Kier alpha value is -2.05. The Bertz CT molecular complexity index is 543. The number of para-hydroxylation sites is 1. The number of nitrogens with zero attached hydrogens (tertiary/aromatic N) is 1. The van der Waals surface area contributed by atoms with Crippen molar-refractivity contribution in [3.05, 3.63) is 29.8 Å². The normalized spacial score (nSPS) is 21.8. The zero-order valence-electron chi connectivity index (χ0n) is 10.4. The van der Waals surface area contributed by atoms with Crippen LogP contribution >= 0.6 is 0 Å². The molecule has 1 heterocycles. The molecule has 0 aliphatic carbocycles. The fourth-order valence-electron chi connectivity index (χ4n) is 2.30. The first kappa shape index (κ1) is 14.4. The predicted octanol–water partition coefficient (Wildman–Crippen LogP) is 2.70. The summed E-state index contributed by atoms with van der Waals surface area (Å²) in [7, 11) is 0. The number of benzene rings is 1. The van der Waals surface area contributed by atoms with Crippen molar-refractivity contribution >= 4 is 17.9 Å². The molecule has 0 bridgehead atoms. The number of fused-ring (bicyclic) bond motifs is 1. The fraction of sp³-hybridized carbons (Fsp3) is 0.385. The maximum absolute atomic E-state index is 12.8. The highest BCUT2D eigenvalue weighted by molar-refractivity contribution is 5.89. The monoisotopic (exact) mass is 286 g/mol. The number of rotatable bonds is 3. The van der Waals surface area contributed by atoms with Crippen molar-refractivity contribution < 1.29 is 23.1 Å². The minimum atomic E-state index is -4.47. The van der Waals surface area contributed by atoms with Gasteiger partial charge in [0.2, 0.25) is 0 Å². The molecule has 0 aromatic heterocycles. The SMILES string of the molecule is O=C(O)CC1(CC(F)(F)F)CN=Cc2ccccc2N1. The number of hydrogen-bond donors (Lipinski definition) is 2. The van der Waals surface area contributed by atoms with Crippen LogP contribution in [0.2, 0.25) is 0 Å². The molecule has 0 amide bonds. The summed E-state index contributed by atoms with van der Waals surface area (Å²) in [4.78, 5) is 14.9. The average Bonchev–Trinajstić information content (AvgIpc) is 2.44. The maximum Gasteiger partial charge on any atom is 0.391 e. The molecule has 1 atom stereocenters. The van der Waals surface area contributed by atoms with E-state index < -0.39 is 30.5 Å². The number of carboxylic acid groups (broad SMARTS) is 1. The first-order valence-electron chi connectivity index (χ1n) is 5.95. The number of aliphatic imine (C=N–C) groups is 1. The Balaban J connectivity index is 2.38. The molecular weight excluding hydrogens is 273 g/mol. The second kappa shape index (κ2) is 5.15. The van der Waals surface area contributed by atoms with Gasteiger partial charge in [0.05, 0.1) is 24.9 Å². The van der Waals surface area contributed by atoms with Crippen LogP contribution in [0.5, 0.6) is 0 Å². The molecule has 0 spiro atoms. The molecule has 0 saturated carbocycles. The van der Waals surface area contributed by atoms with E-state index in [0.717, 1.165) is 0 Å². The minimum absolute atomic E-state index is 0.243. The molecule has 1 aliphatic rings. The third kappa shape index (κ3) is 3.49. The van der Waals surface area contributed by atoms with Crippen LogP contribution in [-0.4, -0.2) is 35.6 Å². The van der Waals surface area contributed by atoms with Crippen molar-refractivity contribution in [2.75, 3.05) is 11.9 Å². The minimum Gasteiger partial charge on any atom is -0.481 e. The Morgan fingerprint density at radius 3 is 2.75 bits per heavy atom. The van der Waals surface area contributed by atoms with Gasteiger partial charge in [-0.15, -0.1) is 0 Å². The second-order valence-corrected chi connectivity index (χ2v) is 4.82. The van der Waals surface area contributed by atoms with Crippen molar-refractivity contribution in [2.24, 2.45) is 4.99 Å². The van der Waals surface area contributed by atoms with Gasteiger partial charge in [0.1, 0.15) is 0 Å². The average molecular weight is 286 g/mol. The van der Waals surface area contributed by atoms with E-state index in [9.17, 15) is 18.0 Å². The summed E-state index contributed by atoms with van der Waals surface area (Å²) in [5.41, 5.74) is -0.561. The maximum atomic E-state index is 12.8. The van der Waals surface area contributed by atoms with E-state index in [2.05, 4.69) is 10.3 Å². The van der Waals surface area contributed by atoms with Crippen LogP contribution in [0.25, 0.3) is 0 Å². The van der Waals surface area contributed by atoms with Gasteiger partial charge in [-0.1, -0.05) is 18.2 Å². The number of aliphatic carboxylic acids is 1. The number of benzodiazepines with no additional fused rings is 1. The molecular formula is C13H13F3N2O2. The summed E-state index contributed by atoms with van der Waals surface area (Å²) in [6, 6.07) is 6.72. The van der Waals surface area contributed by atoms with E-state index in [4.69, 9.17) is 5.11 Å². The van der Waals surface area contributed by atoms with Gasteiger partial charge in [-0.2, -0.15) is 13.2 Å². The van der Waals surface area contributed by atoms with Gasteiger partial charge in [-0.25, -0.2) is 0 Å². The van der Waals surface area contributed by atoms with Gasteiger partial charge in [0.15, 0.2) is 0 Å². The summed E-state index contributed by atoms with van der Waals surface area (Å²) in [5.74, 6) is -1.30. The lowest BCUT2D eigenvalue weighted by atomic mass is 9.90. The molecule has 1 aromatic carbocycles. The van der Waals surface area contributed by atoms with Crippen molar-refractivity contribution in [3.8, 4) is 0 Å². The van der Waals surface area contributed by atoms with Crippen molar-refractivity contribution in [1.29, 1.82) is 0 Å². The summed E-state index contributed by atoms with van der Waals surface area (Å²) in [6.07, 6.45) is -4.92. The zero-order valence-corrected chi connectivity index (χ0v) is 10.4. The van der Waals surface area contributed by atoms with Crippen LogP contribution in [0.15, 0.2) is 29.3 Å². The standard InChI is InChI=1S/C13H13F3N2O2/c14-13(15,16)7-12(5-11(19)20)8-17-6-9-3-1-2-4-10(9)18-12/h1-4,6,18H,5,7-8H2,(H,19,20). The Morgan fingerprint density at radius 2 is 2.10 bits per heavy atom. The van der Waals surface area contributed by atoms with E-state index in [1.165, 1.54) is 6.21 Å². The lowest BCUT2D eigenvalue weighted by Crippen LogP contribution is -2.46. The summed E-state index contributed by atoms with van der Waals surface area (Å²) in [5, 5.41) is 11.6. The summed E-state index contributed by atoms with van der Waals surface area (Å²) >= 11 is 0. The Morgan fingerprint density at radius 1 is 1.40 bits per heavy atom. The molecule has 2 rings (SSSR count). The lowest BCUT2D eigenvalue weighted by molar-refractivity contribution is -0.151. The Kier molecular flexibility index (Phi) is 3.69. The predicted molar refractivity (Wildman–Crippen MR) is 68.2 cm³/mol. The number of alkyl halides is 3. The van der Waals surface area contributed by atoms with Gasteiger partial charge in [0, 0.05) is 17.5 Å². The van der Waals surface area contributed by atoms with Crippen LogP contribution in [0.1, 0.15) is 18.4 Å². The number of hydrogen-bond acceptors (Lipinski definition) is 3. The molecule has 1 aromatic rings. The van der Waals surface area contributed by atoms with Crippen molar-refractivity contribution in [3.63, 3.8) is 0 Å². The summed E-state index contributed by atoms with van der Waals surface area (Å²) < 4.78 is 38.3. The molecule has 4 nitrogen and oxygen atoms in total. The third-order valence-electron chi connectivity index (χ3n) is 3.01. The first-order chi connectivity index (χ1) is 9.30.